The number of nitrogen functional groups attached to an aromatic ring is 1. The summed E-state index contributed by atoms with van der Waals surface area (Å²) in [5, 5.41) is 9.07. The Bertz CT molecular complexity index is 512. The molecule has 0 aliphatic carbocycles. The number of aliphatic hydroxyl groups is 1. The molecular weight excluding hydrogens is 252 g/mol. The fraction of sp³-hybridized carbons (Fsp3) is 0.500. The van der Waals surface area contributed by atoms with Crippen LogP contribution in [0.5, 0.6) is 0 Å². The lowest BCUT2D eigenvalue weighted by Gasteiger charge is -2.29. The van der Waals surface area contributed by atoms with Crippen molar-refractivity contribution in [1.82, 2.24) is 0 Å². The summed E-state index contributed by atoms with van der Waals surface area (Å²) in [6.45, 7) is 4.32. The maximum atomic E-state index is 11.6. The van der Waals surface area contributed by atoms with Crippen molar-refractivity contribution >= 4 is 21.2 Å². The molecule has 0 amide bonds. The molecule has 5 nitrogen and oxygen atoms in total. The van der Waals surface area contributed by atoms with Gasteiger partial charge in [-0.15, -0.1) is 0 Å². The van der Waals surface area contributed by atoms with E-state index in [1.165, 1.54) is 6.07 Å². The van der Waals surface area contributed by atoms with E-state index in [4.69, 9.17) is 10.8 Å². The smallest absolute Gasteiger partial charge is 0.177 e. The molecule has 0 saturated heterocycles. The van der Waals surface area contributed by atoms with Crippen molar-refractivity contribution in [2.24, 2.45) is 0 Å². The lowest BCUT2D eigenvalue weighted by Crippen LogP contribution is -2.34. The first kappa shape index (κ1) is 14.8. The van der Waals surface area contributed by atoms with Crippen LogP contribution in [-0.4, -0.2) is 39.0 Å². The van der Waals surface area contributed by atoms with Crippen LogP contribution in [0, 0.1) is 0 Å². The summed E-state index contributed by atoms with van der Waals surface area (Å²) in [7, 11) is -3.34. The molecule has 1 aromatic rings. The summed E-state index contributed by atoms with van der Waals surface area (Å²) in [5.41, 5.74) is 6.81. The molecule has 1 rings (SSSR count). The number of anilines is 2. The van der Waals surface area contributed by atoms with Crippen molar-refractivity contribution in [2.75, 3.05) is 30.0 Å². The molecule has 0 aliphatic rings. The first-order chi connectivity index (χ1) is 8.29. The van der Waals surface area contributed by atoms with Gasteiger partial charge in [0.1, 0.15) is 0 Å². The van der Waals surface area contributed by atoms with E-state index in [1.807, 2.05) is 18.7 Å². The van der Waals surface area contributed by atoms with Gasteiger partial charge in [0.25, 0.3) is 0 Å². The van der Waals surface area contributed by atoms with Gasteiger partial charge in [-0.1, -0.05) is 6.07 Å². The topological polar surface area (TPSA) is 83.6 Å². The van der Waals surface area contributed by atoms with E-state index in [0.717, 1.165) is 6.26 Å². The molecule has 0 bridgehead atoms. The number of rotatable bonds is 5. The summed E-state index contributed by atoms with van der Waals surface area (Å²) >= 11 is 0. The quantitative estimate of drug-likeness (QED) is 0.777. The van der Waals surface area contributed by atoms with Gasteiger partial charge >= 0.3 is 0 Å². The Morgan fingerprint density at radius 2 is 2.00 bits per heavy atom. The van der Waals surface area contributed by atoms with Gasteiger partial charge in [-0.3, -0.25) is 0 Å². The van der Waals surface area contributed by atoms with Gasteiger partial charge in [0.2, 0.25) is 0 Å². The summed E-state index contributed by atoms with van der Waals surface area (Å²) in [6.07, 6.45) is 1.13. The molecule has 0 fully saturated rings. The van der Waals surface area contributed by atoms with Crippen LogP contribution < -0.4 is 10.6 Å². The Morgan fingerprint density at radius 1 is 1.39 bits per heavy atom. The Labute approximate surface area is 108 Å². The molecule has 0 aromatic heterocycles. The van der Waals surface area contributed by atoms with Crippen molar-refractivity contribution < 1.29 is 13.5 Å². The van der Waals surface area contributed by atoms with Crippen molar-refractivity contribution in [1.29, 1.82) is 0 Å². The highest BCUT2D eigenvalue weighted by molar-refractivity contribution is 7.90. The molecule has 0 heterocycles. The molecule has 102 valence electrons. The van der Waals surface area contributed by atoms with E-state index in [1.54, 1.807) is 12.1 Å². The van der Waals surface area contributed by atoms with E-state index in [9.17, 15) is 8.42 Å². The zero-order valence-corrected chi connectivity index (χ0v) is 11.7. The second kappa shape index (κ2) is 5.58. The molecule has 0 saturated carbocycles. The molecule has 0 atom stereocenters. The van der Waals surface area contributed by atoms with Gasteiger partial charge in [0.15, 0.2) is 9.84 Å². The number of nitrogens with two attached hydrogens (primary N) is 1. The third-order valence-corrected chi connectivity index (χ3v) is 3.87. The van der Waals surface area contributed by atoms with Gasteiger partial charge < -0.3 is 15.7 Å². The molecule has 0 spiro atoms. The van der Waals surface area contributed by atoms with Crippen LogP contribution >= 0.6 is 0 Å². The largest absolute Gasteiger partial charge is 0.396 e. The van der Waals surface area contributed by atoms with E-state index < -0.39 is 9.84 Å². The number of para-hydroxylation sites is 1. The highest BCUT2D eigenvalue weighted by atomic mass is 32.2. The number of aliphatic hydroxyl groups excluding tert-OH is 1. The van der Waals surface area contributed by atoms with Crippen molar-refractivity contribution in [3.8, 4) is 0 Å². The van der Waals surface area contributed by atoms with Gasteiger partial charge in [-0.05, 0) is 26.0 Å². The van der Waals surface area contributed by atoms with Crippen molar-refractivity contribution in [2.45, 2.75) is 24.8 Å². The molecule has 0 radical (unpaired) electrons. The highest BCUT2D eigenvalue weighted by Gasteiger charge is 2.19. The normalized spacial score (nSPS) is 11.8. The number of nitrogens with zero attached hydrogens (tertiary/aromatic N) is 1. The van der Waals surface area contributed by atoms with Crippen LogP contribution in [0.15, 0.2) is 23.1 Å². The standard InChI is InChI=1S/C12H20N2O3S/c1-9(2)14(7-8-15)10-5-4-6-11(12(10)13)18(3,16)17/h4-6,9,15H,7-8,13H2,1-3H3. The lowest BCUT2D eigenvalue weighted by molar-refractivity contribution is 0.299. The number of hydrogen-bond acceptors (Lipinski definition) is 5. The lowest BCUT2D eigenvalue weighted by atomic mass is 10.2. The third-order valence-electron chi connectivity index (χ3n) is 2.72. The van der Waals surface area contributed by atoms with Gasteiger partial charge in [0.05, 0.1) is 22.9 Å². The Kier molecular flexibility index (Phi) is 4.59. The molecule has 3 N–H and O–H groups in total. The molecular formula is C12H20N2O3S. The van der Waals surface area contributed by atoms with E-state index >= 15 is 0 Å². The van der Waals surface area contributed by atoms with Crippen molar-refractivity contribution in [3.05, 3.63) is 18.2 Å². The number of benzene rings is 1. The van der Waals surface area contributed by atoms with E-state index in [2.05, 4.69) is 0 Å². The maximum absolute atomic E-state index is 11.6. The average molecular weight is 272 g/mol. The number of sulfone groups is 1. The summed E-state index contributed by atoms with van der Waals surface area (Å²) < 4.78 is 23.2. The molecule has 0 aliphatic heterocycles. The van der Waals surface area contributed by atoms with Gasteiger partial charge in [-0.2, -0.15) is 0 Å². The first-order valence-corrected chi connectivity index (χ1v) is 7.64. The predicted molar refractivity (Wildman–Crippen MR) is 73.5 cm³/mol. The maximum Gasteiger partial charge on any atom is 0.177 e. The molecule has 0 unspecified atom stereocenters. The second-order valence-electron chi connectivity index (χ2n) is 4.47. The van der Waals surface area contributed by atoms with Crippen LogP contribution in [0.25, 0.3) is 0 Å². The molecule has 1 aromatic carbocycles. The third kappa shape index (κ3) is 3.14. The minimum Gasteiger partial charge on any atom is -0.396 e. The van der Waals surface area contributed by atoms with Gasteiger partial charge in [0, 0.05) is 18.8 Å². The Hall–Kier alpha value is -1.27. The zero-order valence-electron chi connectivity index (χ0n) is 10.9. The second-order valence-corrected chi connectivity index (χ2v) is 6.46. The average Bonchev–Trinajstić information content (AvgIpc) is 2.24. The zero-order chi connectivity index (χ0) is 13.9. The minimum atomic E-state index is -3.34. The van der Waals surface area contributed by atoms with Crippen LogP contribution in [0.3, 0.4) is 0 Å². The van der Waals surface area contributed by atoms with Crippen molar-refractivity contribution in [3.63, 3.8) is 0 Å². The van der Waals surface area contributed by atoms with Crippen LogP contribution in [0.1, 0.15) is 13.8 Å². The first-order valence-electron chi connectivity index (χ1n) is 5.75. The van der Waals surface area contributed by atoms with Crippen LogP contribution in [-0.2, 0) is 9.84 Å². The predicted octanol–water partition coefficient (Wildman–Crippen LogP) is 0.879. The fourth-order valence-corrected chi connectivity index (χ4v) is 2.70. The fourth-order valence-electron chi connectivity index (χ4n) is 1.87. The Balaban J connectivity index is 3.33. The monoisotopic (exact) mass is 272 g/mol. The summed E-state index contributed by atoms with van der Waals surface area (Å²) in [4.78, 5) is 2.01. The SMILES string of the molecule is CC(C)N(CCO)c1cccc(S(C)(=O)=O)c1N. The Morgan fingerprint density at radius 3 is 2.44 bits per heavy atom. The summed E-state index contributed by atoms with van der Waals surface area (Å²) in [5.74, 6) is 0. The van der Waals surface area contributed by atoms with Crippen LogP contribution in [0.4, 0.5) is 11.4 Å². The van der Waals surface area contributed by atoms with E-state index in [0.29, 0.717) is 12.2 Å². The molecule has 18 heavy (non-hydrogen) atoms. The van der Waals surface area contributed by atoms with Crippen LogP contribution in [0.2, 0.25) is 0 Å². The summed E-state index contributed by atoms with van der Waals surface area (Å²) in [6, 6.07) is 5.04. The molecule has 6 heteroatoms. The minimum absolute atomic E-state index is 0.0132. The van der Waals surface area contributed by atoms with Gasteiger partial charge in [-0.25, -0.2) is 8.42 Å². The highest BCUT2D eigenvalue weighted by Crippen LogP contribution is 2.30. The number of hydrogen-bond donors (Lipinski definition) is 2. The van der Waals surface area contributed by atoms with E-state index in [-0.39, 0.29) is 23.2 Å².